The van der Waals surface area contributed by atoms with Gasteiger partial charge in [-0.25, -0.2) is 0 Å². The highest BCUT2D eigenvalue weighted by atomic mass is 16.2. The Kier molecular flexibility index (Phi) is 4.40. The maximum Gasteiger partial charge on any atom is 0.221 e. The van der Waals surface area contributed by atoms with Gasteiger partial charge >= 0.3 is 0 Å². The standard InChI is InChI=1S/C15H19N3O2/c1-11-10-12-4-2-3-5-13(12)18(11)9-7-15(20)17-8-6-14(16)19/h2-5,10H,6-9H2,1H3,(H2,16,19)(H,17,20). The maximum absolute atomic E-state index is 11.7. The Morgan fingerprint density at radius 1 is 1.25 bits per heavy atom. The molecular formula is C15H19N3O2. The van der Waals surface area contributed by atoms with E-state index in [9.17, 15) is 9.59 Å². The molecule has 5 heteroatoms. The van der Waals surface area contributed by atoms with Crippen molar-refractivity contribution in [3.63, 3.8) is 0 Å². The summed E-state index contributed by atoms with van der Waals surface area (Å²) in [5.41, 5.74) is 7.29. The monoisotopic (exact) mass is 273 g/mol. The zero-order valence-corrected chi connectivity index (χ0v) is 11.6. The minimum absolute atomic E-state index is 0.0663. The molecule has 1 aromatic carbocycles. The summed E-state index contributed by atoms with van der Waals surface area (Å²) in [6, 6.07) is 10.2. The number of carbonyl (C=O) groups is 2. The Morgan fingerprint density at radius 3 is 2.75 bits per heavy atom. The maximum atomic E-state index is 11.7. The van der Waals surface area contributed by atoms with Crippen LogP contribution in [0.25, 0.3) is 10.9 Å². The lowest BCUT2D eigenvalue weighted by molar-refractivity contribution is -0.121. The van der Waals surface area contributed by atoms with Crippen LogP contribution in [0.3, 0.4) is 0 Å². The van der Waals surface area contributed by atoms with Crippen LogP contribution < -0.4 is 11.1 Å². The zero-order valence-electron chi connectivity index (χ0n) is 11.6. The van der Waals surface area contributed by atoms with Gasteiger partial charge in [-0.3, -0.25) is 9.59 Å². The number of nitrogens with one attached hydrogen (secondary N) is 1. The van der Waals surface area contributed by atoms with Gasteiger partial charge in [0.1, 0.15) is 0 Å². The summed E-state index contributed by atoms with van der Waals surface area (Å²) in [4.78, 5) is 22.3. The molecule has 2 aromatic rings. The van der Waals surface area contributed by atoms with Crippen LogP contribution in [0, 0.1) is 6.92 Å². The Hall–Kier alpha value is -2.30. The zero-order chi connectivity index (χ0) is 14.5. The van der Waals surface area contributed by atoms with Crippen molar-refractivity contribution in [2.45, 2.75) is 26.3 Å². The van der Waals surface area contributed by atoms with Crippen LogP contribution >= 0.6 is 0 Å². The molecule has 1 heterocycles. The van der Waals surface area contributed by atoms with E-state index in [1.165, 1.54) is 5.39 Å². The smallest absolute Gasteiger partial charge is 0.221 e. The summed E-state index contributed by atoms with van der Waals surface area (Å²) in [6.45, 7) is 2.96. The highest BCUT2D eigenvalue weighted by Crippen LogP contribution is 2.19. The lowest BCUT2D eigenvalue weighted by Gasteiger charge is -2.08. The van der Waals surface area contributed by atoms with Gasteiger partial charge in [-0.05, 0) is 24.4 Å². The number of carbonyl (C=O) groups excluding carboxylic acids is 2. The molecule has 2 rings (SSSR count). The van der Waals surface area contributed by atoms with E-state index in [4.69, 9.17) is 5.73 Å². The van der Waals surface area contributed by atoms with E-state index in [0.717, 1.165) is 11.2 Å². The van der Waals surface area contributed by atoms with Crippen molar-refractivity contribution in [1.82, 2.24) is 9.88 Å². The van der Waals surface area contributed by atoms with E-state index >= 15 is 0 Å². The first-order valence-corrected chi connectivity index (χ1v) is 6.68. The first-order chi connectivity index (χ1) is 9.58. The fourth-order valence-corrected chi connectivity index (χ4v) is 2.27. The molecule has 0 aliphatic heterocycles. The van der Waals surface area contributed by atoms with E-state index in [-0.39, 0.29) is 12.3 Å². The largest absolute Gasteiger partial charge is 0.370 e. The van der Waals surface area contributed by atoms with Crippen molar-refractivity contribution in [3.8, 4) is 0 Å². The van der Waals surface area contributed by atoms with Crippen molar-refractivity contribution in [2.24, 2.45) is 5.73 Å². The Balaban J connectivity index is 1.94. The molecular weight excluding hydrogens is 254 g/mol. The molecule has 0 aliphatic carbocycles. The van der Waals surface area contributed by atoms with E-state index < -0.39 is 5.91 Å². The van der Waals surface area contributed by atoms with Gasteiger partial charge in [0, 0.05) is 37.1 Å². The van der Waals surface area contributed by atoms with Crippen molar-refractivity contribution >= 4 is 22.7 Å². The second-order valence-electron chi connectivity index (χ2n) is 4.81. The number of benzene rings is 1. The minimum Gasteiger partial charge on any atom is -0.370 e. The van der Waals surface area contributed by atoms with Crippen LogP contribution in [-0.2, 0) is 16.1 Å². The van der Waals surface area contributed by atoms with Gasteiger partial charge in [0.2, 0.25) is 11.8 Å². The highest BCUT2D eigenvalue weighted by molar-refractivity contribution is 5.82. The molecule has 2 amide bonds. The lowest BCUT2D eigenvalue weighted by Crippen LogP contribution is -2.28. The molecule has 0 atom stereocenters. The number of aryl methyl sites for hydroxylation is 2. The first kappa shape index (κ1) is 14.1. The summed E-state index contributed by atoms with van der Waals surface area (Å²) in [5.74, 6) is -0.471. The number of nitrogens with two attached hydrogens (primary N) is 1. The molecule has 3 N–H and O–H groups in total. The van der Waals surface area contributed by atoms with E-state index in [1.54, 1.807) is 0 Å². The number of rotatable bonds is 6. The molecule has 0 aliphatic rings. The van der Waals surface area contributed by atoms with Gasteiger partial charge in [0.05, 0.1) is 0 Å². The predicted molar refractivity (Wildman–Crippen MR) is 78.1 cm³/mol. The average Bonchev–Trinajstić information content (AvgIpc) is 2.71. The van der Waals surface area contributed by atoms with Crippen LogP contribution in [0.4, 0.5) is 0 Å². The SMILES string of the molecule is Cc1cc2ccccc2n1CCC(=O)NCCC(N)=O. The third-order valence-corrected chi connectivity index (χ3v) is 3.27. The molecule has 0 saturated carbocycles. The summed E-state index contributed by atoms with van der Waals surface area (Å²) in [7, 11) is 0. The number of para-hydroxylation sites is 1. The molecule has 1 aromatic heterocycles. The average molecular weight is 273 g/mol. The van der Waals surface area contributed by atoms with Gasteiger partial charge in [0.15, 0.2) is 0 Å². The fraction of sp³-hybridized carbons (Fsp3) is 0.333. The van der Waals surface area contributed by atoms with E-state index in [0.29, 0.717) is 19.5 Å². The number of amides is 2. The quantitative estimate of drug-likeness (QED) is 0.833. The Morgan fingerprint density at radius 2 is 2.00 bits per heavy atom. The molecule has 20 heavy (non-hydrogen) atoms. The number of fused-ring (bicyclic) bond motifs is 1. The highest BCUT2D eigenvalue weighted by Gasteiger charge is 2.07. The van der Waals surface area contributed by atoms with Crippen LogP contribution in [0.15, 0.2) is 30.3 Å². The Labute approximate surface area is 117 Å². The number of hydrogen-bond donors (Lipinski definition) is 2. The summed E-state index contributed by atoms with van der Waals surface area (Å²) < 4.78 is 2.13. The summed E-state index contributed by atoms with van der Waals surface area (Å²) in [6.07, 6.45) is 0.565. The number of nitrogens with zero attached hydrogens (tertiary/aromatic N) is 1. The fourth-order valence-electron chi connectivity index (χ4n) is 2.27. The number of primary amides is 1. The minimum atomic E-state index is -0.405. The third kappa shape index (κ3) is 3.38. The molecule has 106 valence electrons. The molecule has 0 unspecified atom stereocenters. The molecule has 0 spiro atoms. The topological polar surface area (TPSA) is 77.1 Å². The van der Waals surface area contributed by atoms with Crippen LogP contribution in [0.5, 0.6) is 0 Å². The van der Waals surface area contributed by atoms with Gasteiger partial charge in [-0.1, -0.05) is 18.2 Å². The summed E-state index contributed by atoms with van der Waals surface area (Å²) >= 11 is 0. The van der Waals surface area contributed by atoms with Crippen molar-refractivity contribution in [3.05, 3.63) is 36.0 Å². The van der Waals surface area contributed by atoms with Gasteiger partial charge in [-0.15, -0.1) is 0 Å². The van der Waals surface area contributed by atoms with Gasteiger partial charge in [-0.2, -0.15) is 0 Å². The van der Waals surface area contributed by atoms with Crippen LogP contribution in [0.1, 0.15) is 18.5 Å². The normalized spacial score (nSPS) is 10.7. The second-order valence-corrected chi connectivity index (χ2v) is 4.81. The van der Waals surface area contributed by atoms with Gasteiger partial charge < -0.3 is 15.6 Å². The first-order valence-electron chi connectivity index (χ1n) is 6.68. The third-order valence-electron chi connectivity index (χ3n) is 3.27. The summed E-state index contributed by atoms with van der Waals surface area (Å²) in [5, 5.41) is 3.87. The number of hydrogen-bond acceptors (Lipinski definition) is 2. The van der Waals surface area contributed by atoms with E-state index in [2.05, 4.69) is 22.0 Å². The lowest BCUT2D eigenvalue weighted by atomic mass is 10.2. The van der Waals surface area contributed by atoms with Crippen molar-refractivity contribution in [2.75, 3.05) is 6.54 Å². The van der Waals surface area contributed by atoms with E-state index in [1.807, 2.05) is 25.1 Å². The molecule has 5 nitrogen and oxygen atoms in total. The van der Waals surface area contributed by atoms with Crippen LogP contribution in [-0.4, -0.2) is 22.9 Å². The predicted octanol–water partition coefficient (Wildman–Crippen LogP) is 1.33. The molecule has 0 bridgehead atoms. The Bertz CT molecular complexity index is 631. The van der Waals surface area contributed by atoms with Crippen LogP contribution in [0.2, 0.25) is 0 Å². The second kappa shape index (κ2) is 6.23. The van der Waals surface area contributed by atoms with Crippen molar-refractivity contribution < 1.29 is 9.59 Å². The molecule has 0 radical (unpaired) electrons. The van der Waals surface area contributed by atoms with Crippen molar-refractivity contribution in [1.29, 1.82) is 0 Å². The van der Waals surface area contributed by atoms with Gasteiger partial charge in [0.25, 0.3) is 0 Å². The molecule has 0 fully saturated rings. The number of aromatic nitrogens is 1. The molecule has 0 saturated heterocycles.